The van der Waals surface area contributed by atoms with Gasteiger partial charge in [0, 0.05) is 55.8 Å². The van der Waals surface area contributed by atoms with Gasteiger partial charge >= 0.3 is 0 Å². The highest BCUT2D eigenvalue weighted by molar-refractivity contribution is 6.10. The number of hydrogen-bond acceptors (Lipinski definition) is 0. The second kappa shape index (κ2) is 12.4. The zero-order chi connectivity index (χ0) is 35.5. The lowest BCUT2D eigenvalue weighted by atomic mass is 10.0. The van der Waals surface area contributed by atoms with Crippen LogP contribution >= 0.6 is 0 Å². The van der Waals surface area contributed by atoms with Crippen molar-refractivity contribution < 1.29 is 0 Å². The largest absolute Gasteiger partial charge is 0.316 e. The third kappa shape index (κ3) is 5.04. The zero-order valence-corrected chi connectivity index (χ0v) is 29.7. The summed E-state index contributed by atoms with van der Waals surface area (Å²) in [4.78, 5) is 0. The molecule has 3 nitrogen and oxygen atoms in total. The lowest BCUT2D eigenvalue weighted by Gasteiger charge is -2.17. The highest BCUT2D eigenvalue weighted by atomic mass is 15.0. The quantitative estimate of drug-likeness (QED) is 0.155. The van der Waals surface area contributed by atoms with E-state index < -0.39 is 0 Å². The van der Waals surface area contributed by atoms with Crippen molar-refractivity contribution in [1.29, 1.82) is 0 Å². The molecule has 0 radical (unpaired) electrons. The van der Waals surface area contributed by atoms with Gasteiger partial charge < -0.3 is 13.7 Å². The highest BCUT2D eigenvalue weighted by Gasteiger charge is 2.17. The molecule has 3 heteroatoms. The Labute approximate surface area is 308 Å². The van der Waals surface area contributed by atoms with Gasteiger partial charge in [-0.1, -0.05) is 121 Å². The summed E-state index contributed by atoms with van der Waals surface area (Å²) in [5, 5.41) is 6.26. The minimum Gasteiger partial charge on any atom is -0.316 e. The predicted molar refractivity (Wildman–Crippen MR) is 226 cm³/mol. The monoisotopic (exact) mass is 679 g/mol. The van der Waals surface area contributed by atoms with Crippen LogP contribution in [-0.4, -0.2) is 13.7 Å². The van der Waals surface area contributed by atoms with Crippen LogP contribution < -0.4 is 0 Å². The summed E-state index contributed by atoms with van der Waals surface area (Å²) in [5.41, 5.74) is 14.1. The summed E-state index contributed by atoms with van der Waals surface area (Å²) in [6.07, 6.45) is 10.7. The molecule has 3 aromatic heterocycles. The fourth-order valence-electron chi connectivity index (χ4n) is 8.31. The molecule has 53 heavy (non-hydrogen) atoms. The molecule has 0 aliphatic carbocycles. The minimum absolute atomic E-state index is 1.11. The van der Waals surface area contributed by atoms with Crippen molar-refractivity contribution in [2.45, 2.75) is 13.8 Å². The normalized spacial score (nSPS) is 12.2. The van der Waals surface area contributed by atoms with Crippen LogP contribution in [0, 0.1) is 6.92 Å². The molecule has 3 heterocycles. The minimum atomic E-state index is 1.11. The van der Waals surface area contributed by atoms with Crippen LogP contribution in [0.15, 0.2) is 182 Å². The van der Waals surface area contributed by atoms with Crippen molar-refractivity contribution in [1.82, 2.24) is 13.7 Å². The van der Waals surface area contributed by atoms with E-state index >= 15 is 0 Å². The second-order valence-electron chi connectivity index (χ2n) is 13.9. The third-order valence-corrected chi connectivity index (χ3v) is 10.6. The number of nitrogens with zero attached hydrogens (tertiary/aromatic N) is 3. The van der Waals surface area contributed by atoms with Gasteiger partial charge in [0.25, 0.3) is 0 Å². The Morgan fingerprint density at radius 3 is 1.38 bits per heavy atom. The van der Waals surface area contributed by atoms with Gasteiger partial charge in [-0.2, -0.15) is 0 Å². The molecule has 0 spiro atoms. The Bertz CT molecular complexity index is 2980. The zero-order valence-electron chi connectivity index (χ0n) is 29.7. The molecule has 252 valence electrons. The van der Waals surface area contributed by atoms with E-state index in [1.54, 1.807) is 0 Å². The number of para-hydroxylation sites is 5. The van der Waals surface area contributed by atoms with Crippen LogP contribution in [-0.2, 0) is 0 Å². The molecule has 7 aromatic carbocycles. The van der Waals surface area contributed by atoms with Gasteiger partial charge in [-0.05, 0) is 91.2 Å². The van der Waals surface area contributed by atoms with Gasteiger partial charge in [0.2, 0.25) is 0 Å². The maximum atomic E-state index is 2.43. The number of allylic oxidation sites excluding steroid dienone is 3. The Kier molecular flexibility index (Phi) is 7.26. The summed E-state index contributed by atoms with van der Waals surface area (Å²) in [7, 11) is 0. The van der Waals surface area contributed by atoms with Gasteiger partial charge in [-0.15, -0.1) is 0 Å². The molecule has 0 bridgehead atoms. The van der Waals surface area contributed by atoms with E-state index in [1.165, 1.54) is 71.2 Å². The highest BCUT2D eigenvalue weighted by Crippen LogP contribution is 2.38. The summed E-state index contributed by atoms with van der Waals surface area (Å²) in [6.45, 7) is 4.26. The first kappa shape index (κ1) is 30.9. The van der Waals surface area contributed by atoms with Gasteiger partial charge in [0.05, 0.1) is 27.6 Å². The van der Waals surface area contributed by atoms with Crippen LogP contribution in [0.5, 0.6) is 0 Å². The smallest absolute Gasteiger partial charge is 0.0541 e. The molecule has 0 aliphatic heterocycles. The van der Waals surface area contributed by atoms with Crippen molar-refractivity contribution in [3.8, 4) is 28.2 Å². The van der Waals surface area contributed by atoms with E-state index in [9.17, 15) is 0 Å². The number of fused-ring (bicyclic) bond motifs is 7. The molecule has 0 fully saturated rings. The first-order valence-electron chi connectivity index (χ1n) is 18.3. The summed E-state index contributed by atoms with van der Waals surface area (Å²) >= 11 is 0. The lowest BCUT2D eigenvalue weighted by molar-refractivity contribution is 1.10. The fourth-order valence-corrected chi connectivity index (χ4v) is 8.31. The van der Waals surface area contributed by atoms with Crippen LogP contribution in [0.3, 0.4) is 0 Å². The first-order valence-corrected chi connectivity index (χ1v) is 18.3. The van der Waals surface area contributed by atoms with Crippen molar-refractivity contribution in [2.24, 2.45) is 0 Å². The lowest BCUT2D eigenvalue weighted by Crippen LogP contribution is -2.00. The van der Waals surface area contributed by atoms with Gasteiger partial charge in [-0.25, -0.2) is 0 Å². The predicted octanol–water partition coefficient (Wildman–Crippen LogP) is 13.4. The molecule has 0 amide bonds. The number of benzene rings is 7. The van der Waals surface area contributed by atoms with E-state index in [1.807, 2.05) is 6.92 Å². The standard InChI is InChI=1S/C50H37N3/c1-3-4-5-16-35-33-51(46-22-11-6-17-41(35)46)38-29-37(31-40(32-38)53-49-25-14-9-20-44(49)45-21-10-15-26-50(45)53)36-27-34(2)28-39(30-36)52-47-23-12-7-18-42(47)43-19-8-13-24-48(43)52/h3-33H,1-2H3/b4-3-,16-5-. The van der Waals surface area contributed by atoms with E-state index in [4.69, 9.17) is 0 Å². The van der Waals surface area contributed by atoms with Crippen molar-refractivity contribution in [3.63, 3.8) is 0 Å². The van der Waals surface area contributed by atoms with Crippen LogP contribution in [0.2, 0.25) is 0 Å². The number of aryl methyl sites for hydroxylation is 1. The Balaban J connectivity index is 1.26. The molecule has 10 aromatic rings. The van der Waals surface area contributed by atoms with E-state index in [-0.39, 0.29) is 0 Å². The molecule has 0 saturated heterocycles. The first-order chi connectivity index (χ1) is 26.2. The number of hydrogen-bond donors (Lipinski definition) is 0. The number of aromatic nitrogens is 3. The Hall–Kier alpha value is -6.84. The van der Waals surface area contributed by atoms with Crippen molar-refractivity contribution in [2.75, 3.05) is 0 Å². The van der Waals surface area contributed by atoms with Crippen LogP contribution in [0.25, 0.3) is 88.8 Å². The second-order valence-corrected chi connectivity index (χ2v) is 13.9. The van der Waals surface area contributed by atoms with Crippen molar-refractivity contribution in [3.05, 3.63) is 193 Å². The van der Waals surface area contributed by atoms with Gasteiger partial charge in [0.1, 0.15) is 0 Å². The van der Waals surface area contributed by atoms with Crippen LogP contribution in [0.4, 0.5) is 0 Å². The van der Waals surface area contributed by atoms with Gasteiger partial charge in [0.15, 0.2) is 0 Å². The van der Waals surface area contributed by atoms with Crippen molar-refractivity contribution >= 4 is 60.6 Å². The molecule has 0 saturated carbocycles. The number of rotatable bonds is 6. The fraction of sp³-hybridized carbons (Fsp3) is 0.0400. The molecule has 0 atom stereocenters. The Morgan fingerprint density at radius 2 is 0.849 bits per heavy atom. The summed E-state index contributed by atoms with van der Waals surface area (Å²) < 4.78 is 7.21. The SMILES string of the molecule is C/C=C\C=C/c1cn(-c2cc(-c3cc(C)cc(-n4c5ccccc5c5ccccc54)c3)cc(-n3c4ccccc4c4ccccc43)c2)c2ccccc12. The maximum absolute atomic E-state index is 2.43. The van der Waals surface area contributed by atoms with Crippen LogP contribution in [0.1, 0.15) is 18.1 Å². The molecule has 10 rings (SSSR count). The average molecular weight is 680 g/mol. The van der Waals surface area contributed by atoms with E-state index in [0.29, 0.717) is 0 Å². The molecule has 0 unspecified atom stereocenters. The van der Waals surface area contributed by atoms with E-state index in [0.717, 1.165) is 22.6 Å². The average Bonchev–Trinajstić information content (AvgIpc) is 3.86. The molecular formula is C50H37N3. The summed E-state index contributed by atoms with van der Waals surface area (Å²) in [6, 6.07) is 57.8. The third-order valence-electron chi connectivity index (χ3n) is 10.6. The van der Waals surface area contributed by atoms with E-state index in [2.05, 4.69) is 209 Å². The molecular weight excluding hydrogens is 643 g/mol. The van der Waals surface area contributed by atoms with Gasteiger partial charge in [-0.3, -0.25) is 0 Å². The topological polar surface area (TPSA) is 14.8 Å². The molecule has 0 N–H and O–H groups in total. The Morgan fingerprint density at radius 1 is 0.415 bits per heavy atom. The summed E-state index contributed by atoms with van der Waals surface area (Å²) in [5.74, 6) is 0. The molecule has 0 aliphatic rings. The maximum Gasteiger partial charge on any atom is 0.0541 e.